The third-order valence-corrected chi connectivity index (χ3v) is 4.66. The summed E-state index contributed by atoms with van der Waals surface area (Å²) in [7, 11) is 0. The van der Waals surface area contributed by atoms with Gasteiger partial charge in [-0.05, 0) is 50.6 Å². The summed E-state index contributed by atoms with van der Waals surface area (Å²) in [6.45, 7) is 5.86. The van der Waals surface area contributed by atoms with E-state index in [4.69, 9.17) is 0 Å². The molecule has 0 radical (unpaired) electrons. The number of hydrogen-bond donors (Lipinski definition) is 1. The molecule has 0 unspecified atom stereocenters. The molecule has 2 aromatic heterocycles. The summed E-state index contributed by atoms with van der Waals surface area (Å²) in [4.78, 5) is 25.4. The smallest absolute Gasteiger partial charge is 0.234 e. The molecule has 3 aromatic rings. The summed E-state index contributed by atoms with van der Waals surface area (Å²) in [5.74, 6) is 0.883. The summed E-state index contributed by atoms with van der Waals surface area (Å²) >= 11 is 1.39. The van der Waals surface area contributed by atoms with Gasteiger partial charge in [-0.2, -0.15) is 0 Å². The molecular formula is C20H20N4OS. The van der Waals surface area contributed by atoms with Crippen molar-refractivity contribution in [1.82, 2.24) is 15.0 Å². The summed E-state index contributed by atoms with van der Waals surface area (Å²) in [5.41, 5.74) is 4.62. The molecule has 5 nitrogen and oxygen atoms in total. The number of benzene rings is 1. The van der Waals surface area contributed by atoms with Crippen molar-refractivity contribution in [3.05, 3.63) is 65.6 Å². The van der Waals surface area contributed by atoms with E-state index in [2.05, 4.69) is 26.3 Å². The van der Waals surface area contributed by atoms with E-state index >= 15 is 0 Å². The highest BCUT2D eigenvalue weighted by molar-refractivity contribution is 7.99. The normalized spacial score (nSPS) is 10.6. The van der Waals surface area contributed by atoms with E-state index in [1.54, 1.807) is 6.20 Å². The van der Waals surface area contributed by atoms with Gasteiger partial charge in [0.2, 0.25) is 5.91 Å². The van der Waals surface area contributed by atoms with Gasteiger partial charge in [-0.3, -0.25) is 9.78 Å². The molecule has 6 heteroatoms. The van der Waals surface area contributed by atoms with E-state index < -0.39 is 0 Å². The molecule has 2 heterocycles. The number of aromatic nitrogens is 3. The lowest BCUT2D eigenvalue weighted by Gasteiger charge is -2.09. The quantitative estimate of drug-likeness (QED) is 0.543. The van der Waals surface area contributed by atoms with Crippen LogP contribution in [0.3, 0.4) is 0 Å². The first-order chi connectivity index (χ1) is 12.5. The molecule has 0 saturated carbocycles. The first-order valence-corrected chi connectivity index (χ1v) is 9.27. The van der Waals surface area contributed by atoms with Gasteiger partial charge in [0.25, 0.3) is 0 Å². The highest BCUT2D eigenvalue weighted by atomic mass is 32.2. The largest absolute Gasteiger partial charge is 0.325 e. The minimum atomic E-state index is -0.0578. The number of pyridine rings is 1. The van der Waals surface area contributed by atoms with Crippen LogP contribution in [0.1, 0.15) is 17.0 Å². The molecule has 0 atom stereocenters. The van der Waals surface area contributed by atoms with Gasteiger partial charge in [-0.25, -0.2) is 9.97 Å². The van der Waals surface area contributed by atoms with E-state index in [1.807, 2.05) is 57.2 Å². The van der Waals surface area contributed by atoms with Crippen molar-refractivity contribution in [3.63, 3.8) is 0 Å². The van der Waals surface area contributed by atoms with Crippen LogP contribution in [0.4, 0.5) is 5.69 Å². The fraction of sp³-hybridized carbons (Fsp3) is 0.200. The molecule has 0 spiro atoms. The summed E-state index contributed by atoms with van der Waals surface area (Å²) in [6.07, 6.45) is 1.73. The highest BCUT2D eigenvalue weighted by Crippen LogP contribution is 2.22. The lowest BCUT2D eigenvalue weighted by Crippen LogP contribution is -2.15. The Labute approximate surface area is 157 Å². The van der Waals surface area contributed by atoms with Crippen molar-refractivity contribution in [2.24, 2.45) is 0 Å². The Morgan fingerprint density at radius 2 is 1.88 bits per heavy atom. The maximum atomic E-state index is 12.3. The Morgan fingerprint density at radius 3 is 2.62 bits per heavy atom. The van der Waals surface area contributed by atoms with Gasteiger partial charge in [-0.15, -0.1) is 0 Å². The molecule has 0 fully saturated rings. The van der Waals surface area contributed by atoms with E-state index in [1.165, 1.54) is 17.3 Å². The lowest BCUT2D eigenvalue weighted by atomic mass is 10.1. The third-order valence-electron chi connectivity index (χ3n) is 3.75. The Hall–Kier alpha value is -2.73. The van der Waals surface area contributed by atoms with Crippen LogP contribution in [-0.4, -0.2) is 26.6 Å². The summed E-state index contributed by atoms with van der Waals surface area (Å²) in [6, 6.07) is 13.5. The monoisotopic (exact) mass is 364 g/mol. The minimum Gasteiger partial charge on any atom is -0.325 e. The van der Waals surface area contributed by atoms with Crippen LogP contribution in [0.25, 0.3) is 11.4 Å². The lowest BCUT2D eigenvalue weighted by molar-refractivity contribution is -0.113. The van der Waals surface area contributed by atoms with Crippen molar-refractivity contribution in [1.29, 1.82) is 0 Å². The van der Waals surface area contributed by atoms with Gasteiger partial charge in [-0.1, -0.05) is 35.5 Å². The van der Waals surface area contributed by atoms with Crippen LogP contribution in [0.15, 0.2) is 53.7 Å². The van der Waals surface area contributed by atoms with Gasteiger partial charge in [0.15, 0.2) is 0 Å². The van der Waals surface area contributed by atoms with Crippen molar-refractivity contribution >= 4 is 23.4 Å². The topological polar surface area (TPSA) is 67.8 Å². The molecule has 132 valence electrons. The molecule has 0 saturated heterocycles. The predicted octanol–water partition coefficient (Wildman–Crippen LogP) is 4.19. The first-order valence-electron chi connectivity index (χ1n) is 8.28. The number of carbonyl (C=O) groups is 1. The van der Waals surface area contributed by atoms with Crippen LogP contribution in [0, 0.1) is 20.8 Å². The van der Waals surface area contributed by atoms with E-state index in [9.17, 15) is 4.79 Å². The number of nitrogens with one attached hydrogen (secondary N) is 1. The Balaban J connectivity index is 1.67. The second-order valence-corrected chi connectivity index (χ2v) is 7.00. The predicted molar refractivity (Wildman–Crippen MR) is 105 cm³/mol. The fourth-order valence-electron chi connectivity index (χ4n) is 2.54. The van der Waals surface area contributed by atoms with Gasteiger partial charge in [0, 0.05) is 11.9 Å². The zero-order valence-electron chi connectivity index (χ0n) is 15.0. The van der Waals surface area contributed by atoms with Crippen LogP contribution in [0.2, 0.25) is 0 Å². The summed E-state index contributed by atoms with van der Waals surface area (Å²) < 4.78 is 0. The summed E-state index contributed by atoms with van der Waals surface area (Å²) in [5, 5.41) is 3.71. The van der Waals surface area contributed by atoms with E-state index in [0.717, 1.165) is 27.7 Å². The zero-order valence-corrected chi connectivity index (χ0v) is 15.8. The van der Waals surface area contributed by atoms with Crippen LogP contribution in [0.5, 0.6) is 0 Å². The van der Waals surface area contributed by atoms with Gasteiger partial charge in [0.05, 0.1) is 17.1 Å². The van der Waals surface area contributed by atoms with E-state index in [-0.39, 0.29) is 11.7 Å². The van der Waals surface area contributed by atoms with Gasteiger partial charge < -0.3 is 5.32 Å². The molecule has 0 aliphatic carbocycles. The van der Waals surface area contributed by atoms with Gasteiger partial charge >= 0.3 is 0 Å². The number of rotatable bonds is 5. The average Bonchev–Trinajstić information content (AvgIpc) is 2.63. The van der Waals surface area contributed by atoms with Crippen LogP contribution >= 0.6 is 11.8 Å². The molecule has 0 aliphatic rings. The van der Waals surface area contributed by atoms with Crippen LogP contribution < -0.4 is 5.32 Å². The van der Waals surface area contributed by atoms with Gasteiger partial charge in [0.1, 0.15) is 10.9 Å². The Morgan fingerprint density at radius 1 is 1.04 bits per heavy atom. The Bertz CT molecular complexity index is 928. The van der Waals surface area contributed by atoms with Crippen molar-refractivity contribution in [2.45, 2.75) is 25.8 Å². The molecular weight excluding hydrogens is 344 g/mol. The number of amides is 1. The van der Waals surface area contributed by atoms with Crippen LogP contribution in [-0.2, 0) is 4.79 Å². The zero-order chi connectivity index (χ0) is 18.5. The SMILES string of the molecule is Cc1ccc(NC(=O)CSc2cc(-c3ccccn3)nc(C)n2)c(C)c1. The molecule has 3 rings (SSSR count). The molecule has 26 heavy (non-hydrogen) atoms. The highest BCUT2D eigenvalue weighted by Gasteiger charge is 2.09. The fourth-order valence-corrected chi connectivity index (χ4v) is 3.28. The second-order valence-electron chi connectivity index (χ2n) is 6.01. The number of carbonyl (C=O) groups excluding carboxylic acids is 1. The second kappa shape index (κ2) is 8.10. The maximum absolute atomic E-state index is 12.3. The standard InChI is InChI=1S/C20H20N4OS/c1-13-7-8-16(14(2)10-13)24-19(25)12-26-20-11-18(22-15(3)23-20)17-6-4-5-9-21-17/h4-11H,12H2,1-3H3,(H,24,25). The first kappa shape index (κ1) is 18.1. The number of hydrogen-bond acceptors (Lipinski definition) is 5. The number of anilines is 1. The average molecular weight is 364 g/mol. The molecule has 1 aromatic carbocycles. The van der Waals surface area contributed by atoms with Crippen molar-refractivity contribution in [2.75, 3.05) is 11.1 Å². The number of aryl methyl sites for hydroxylation is 3. The molecule has 1 amide bonds. The molecule has 0 aliphatic heterocycles. The minimum absolute atomic E-state index is 0.0578. The molecule has 1 N–H and O–H groups in total. The number of nitrogens with zero attached hydrogens (tertiary/aromatic N) is 3. The van der Waals surface area contributed by atoms with E-state index in [0.29, 0.717) is 5.82 Å². The van der Waals surface area contributed by atoms with Crippen molar-refractivity contribution < 1.29 is 4.79 Å². The number of thioether (sulfide) groups is 1. The molecule has 0 bridgehead atoms. The van der Waals surface area contributed by atoms with Crippen molar-refractivity contribution in [3.8, 4) is 11.4 Å². The Kier molecular flexibility index (Phi) is 5.63. The third kappa shape index (κ3) is 4.67. The maximum Gasteiger partial charge on any atom is 0.234 e.